The SMILES string of the molecule is [C-]#[N+]c1ccc2c(n1)c(N1C[C@@H](CC)N(Cc3ccc(Cl)cc3F)C[C@@H]1C)cc(=O)n2C. The highest BCUT2D eigenvalue weighted by Crippen LogP contribution is 2.31. The van der Waals surface area contributed by atoms with Crippen LogP contribution in [0, 0.1) is 12.4 Å². The number of hydrogen-bond donors (Lipinski definition) is 0. The molecule has 3 heterocycles. The van der Waals surface area contributed by atoms with Crippen molar-refractivity contribution >= 4 is 34.1 Å². The van der Waals surface area contributed by atoms with E-state index >= 15 is 0 Å². The summed E-state index contributed by atoms with van der Waals surface area (Å²) in [6, 6.07) is 10.1. The summed E-state index contributed by atoms with van der Waals surface area (Å²) in [4.78, 5) is 25.1. The second kappa shape index (κ2) is 8.89. The molecule has 3 aromatic rings. The van der Waals surface area contributed by atoms with Crippen LogP contribution < -0.4 is 10.5 Å². The van der Waals surface area contributed by atoms with Crippen LogP contribution in [0.5, 0.6) is 0 Å². The molecule has 0 saturated carbocycles. The van der Waals surface area contributed by atoms with Gasteiger partial charge in [0.1, 0.15) is 5.82 Å². The first-order chi connectivity index (χ1) is 15.3. The van der Waals surface area contributed by atoms with E-state index in [0.29, 0.717) is 47.1 Å². The van der Waals surface area contributed by atoms with E-state index < -0.39 is 0 Å². The lowest BCUT2D eigenvalue weighted by molar-refractivity contribution is 0.141. The summed E-state index contributed by atoms with van der Waals surface area (Å²) >= 11 is 5.91. The zero-order valence-electron chi connectivity index (χ0n) is 18.3. The van der Waals surface area contributed by atoms with E-state index in [1.807, 2.05) is 0 Å². The van der Waals surface area contributed by atoms with E-state index in [1.165, 1.54) is 6.07 Å². The smallest absolute Gasteiger partial charge is 0.270 e. The molecule has 1 fully saturated rings. The summed E-state index contributed by atoms with van der Waals surface area (Å²) in [5.41, 5.74) is 2.61. The summed E-state index contributed by atoms with van der Waals surface area (Å²) in [6.07, 6.45) is 0.877. The Balaban J connectivity index is 1.70. The van der Waals surface area contributed by atoms with Gasteiger partial charge in [0.15, 0.2) is 0 Å². The van der Waals surface area contributed by atoms with Gasteiger partial charge in [-0.15, -0.1) is 4.98 Å². The zero-order valence-corrected chi connectivity index (χ0v) is 19.1. The van der Waals surface area contributed by atoms with Crippen molar-refractivity contribution in [3.63, 3.8) is 0 Å². The van der Waals surface area contributed by atoms with Crippen LogP contribution in [-0.4, -0.2) is 39.6 Å². The fourth-order valence-electron chi connectivity index (χ4n) is 4.48. The monoisotopic (exact) mass is 453 g/mol. The van der Waals surface area contributed by atoms with E-state index in [4.69, 9.17) is 18.2 Å². The van der Waals surface area contributed by atoms with E-state index in [1.54, 1.807) is 41.9 Å². The highest BCUT2D eigenvalue weighted by Gasteiger charge is 2.33. The van der Waals surface area contributed by atoms with Gasteiger partial charge in [0.25, 0.3) is 11.4 Å². The molecule has 0 N–H and O–H groups in total. The number of fused-ring (bicyclic) bond motifs is 1. The molecule has 0 unspecified atom stereocenters. The molecular weight excluding hydrogens is 429 g/mol. The van der Waals surface area contributed by atoms with Gasteiger partial charge < -0.3 is 14.3 Å². The number of benzene rings is 1. The number of anilines is 1. The summed E-state index contributed by atoms with van der Waals surface area (Å²) < 4.78 is 16.0. The van der Waals surface area contributed by atoms with Crippen LogP contribution in [0.1, 0.15) is 25.8 Å². The largest absolute Gasteiger partial charge is 0.362 e. The quantitative estimate of drug-likeness (QED) is 0.534. The van der Waals surface area contributed by atoms with Crippen molar-refractivity contribution in [3.05, 3.63) is 74.6 Å². The Hall–Kier alpha value is -2.95. The second-order valence-electron chi connectivity index (χ2n) is 8.30. The van der Waals surface area contributed by atoms with E-state index in [9.17, 15) is 9.18 Å². The first kappa shape index (κ1) is 22.3. The number of pyridine rings is 2. The van der Waals surface area contributed by atoms with Crippen molar-refractivity contribution in [2.45, 2.75) is 38.9 Å². The van der Waals surface area contributed by atoms with Crippen LogP contribution in [0.25, 0.3) is 15.9 Å². The highest BCUT2D eigenvalue weighted by molar-refractivity contribution is 6.30. The third-order valence-electron chi connectivity index (χ3n) is 6.29. The summed E-state index contributed by atoms with van der Waals surface area (Å²) in [5, 5.41) is 0.389. The van der Waals surface area contributed by atoms with E-state index in [-0.39, 0.29) is 23.5 Å². The van der Waals surface area contributed by atoms with Gasteiger partial charge in [0, 0.05) is 55.4 Å². The van der Waals surface area contributed by atoms with Gasteiger partial charge in [0.05, 0.1) is 11.2 Å². The lowest BCUT2D eigenvalue weighted by Gasteiger charge is -2.46. The minimum Gasteiger partial charge on any atom is -0.362 e. The molecule has 2 aromatic heterocycles. The molecule has 0 amide bonds. The molecular formula is C24H25ClFN5O. The first-order valence-corrected chi connectivity index (χ1v) is 11.0. The number of hydrogen-bond acceptors (Lipinski definition) is 4. The Bertz CT molecular complexity index is 1270. The summed E-state index contributed by atoms with van der Waals surface area (Å²) in [6.45, 7) is 13.4. The minimum absolute atomic E-state index is 0.0712. The highest BCUT2D eigenvalue weighted by atomic mass is 35.5. The van der Waals surface area contributed by atoms with Gasteiger partial charge in [-0.1, -0.05) is 31.2 Å². The maximum Gasteiger partial charge on any atom is 0.270 e. The lowest BCUT2D eigenvalue weighted by atomic mass is 10.0. The number of nitrogens with zero attached hydrogens (tertiary/aromatic N) is 5. The number of aromatic nitrogens is 2. The Kier molecular flexibility index (Phi) is 6.18. The molecule has 4 rings (SSSR count). The minimum atomic E-state index is -0.296. The summed E-state index contributed by atoms with van der Waals surface area (Å²) in [7, 11) is 1.71. The summed E-state index contributed by atoms with van der Waals surface area (Å²) in [5.74, 6) is 0.00445. The van der Waals surface area contributed by atoms with E-state index in [2.05, 4.69) is 33.5 Å². The van der Waals surface area contributed by atoms with Crippen molar-refractivity contribution in [2.75, 3.05) is 18.0 Å². The van der Waals surface area contributed by atoms with Crippen LogP contribution in [0.15, 0.2) is 41.2 Å². The van der Waals surface area contributed by atoms with Crippen LogP contribution in [0.3, 0.4) is 0 Å². The first-order valence-electron chi connectivity index (χ1n) is 10.6. The van der Waals surface area contributed by atoms with Gasteiger partial charge in [-0.05, 0) is 37.6 Å². The zero-order chi connectivity index (χ0) is 23.0. The van der Waals surface area contributed by atoms with E-state index in [0.717, 1.165) is 12.1 Å². The third-order valence-corrected chi connectivity index (χ3v) is 6.53. The molecule has 0 bridgehead atoms. The Labute approximate surface area is 191 Å². The molecule has 8 heteroatoms. The Morgan fingerprint density at radius 1 is 1.25 bits per heavy atom. The van der Waals surface area contributed by atoms with Crippen molar-refractivity contribution in [1.82, 2.24) is 14.5 Å². The average Bonchev–Trinajstić information content (AvgIpc) is 2.78. The fourth-order valence-corrected chi connectivity index (χ4v) is 4.64. The normalized spacial score (nSPS) is 19.3. The van der Waals surface area contributed by atoms with Crippen molar-refractivity contribution in [2.24, 2.45) is 7.05 Å². The molecule has 32 heavy (non-hydrogen) atoms. The molecule has 2 atom stereocenters. The molecule has 0 spiro atoms. The molecule has 0 radical (unpaired) electrons. The molecule has 1 aliphatic heterocycles. The van der Waals surface area contributed by atoms with Crippen molar-refractivity contribution in [1.29, 1.82) is 0 Å². The molecule has 166 valence electrons. The topological polar surface area (TPSA) is 45.7 Å². The maximum atomic E-state index is 14.4. The Morgan fingerprint density at radius 3 is 2.72 bits per heavy atom. The van der Waals surface area contributed by atoms with Crippen LogP contribution in [0.4, 0.5) is 15.9 Å². The Morgan fingerprint density at radius 2 is 2.03 bits per heavy atom. The van der Waals surface area contributed by atoms with Crippen LogP contribution in [0.2, 0.25) is 5.02 Å². The number of halogens is 2. The van der Waals surface area contributed by atoms with Crippen molar-refractivity contribution < 1.29 is 4.39 Å². The standard InChI is InChI=1S/C24H25ClFN5O/c1-5-18-14-31(15(2)12-30(18)13-16-6-7-17(25)10-19(16)26)21-11-23(32)29(4)20-8-9-22(27-3)28-24(20)21/h6-11,15,18H,5,12-14H2,1-2,4H3/t15-,18+/m0/s1. The van der Waals surface area contributed by atoms with Gasteiger partial charge in [-0.3, -0.25) is 9.69 Å². The van der Waals surface area contributed by atoms with Gasteiger partial charge in [0.2, 0.25) is 5.52 Å². The maximum absolute atomic E-state index is 14.4. The van der Waals surface area contributed by atoms with Crippen LogP contribution in [-0.2, 0) is 13.6 Å². The predicted octanol–water partition coefficient (Wildman–Crippen LogP) is 4.77. The lowest BCUT2D eigenvalue weighted by Crippen LogP contribution is -2.57. The molecule has 0 aliphatic carbocycles. The van der Waals surface area contributed by atoms with Crippen molar-refractivity contribution in [3.8, 4) is 0 Å². The number of rotatable bonds is 4. The van der Waals surface area contributed by atoms with Gasteiger partial charge in [-0.2, -0.15) is 0 Å². The number of aryl methyl sites for hydroxylation is 1. The van der Waals surface area contributed by atoms with Crippen LogP contribution >= 0.6 is 11.6 Å². The molecule has 1 aromatic carbocycles. The molecule has 1 saturated heterocycles. The average molecular weight is 454 g/mol. The van der Waals surface area contributed by atoms with Gasteiger partial charge >= 0.3 is 0 Å². The predicted molar refractivity (Wildman–Crippen MR) is 126 cm³/mol. The third kappa shape index (κ3) is 4.08. The van der Waals surface area contributed by atoms with Gasteiger partial charge in [-0.25, -0.2) is 4.39 Å². The molecule has 6 nitrogen and oxygen atoms in total. The fraction of sp³-hybridized carbons (Fsp3) is 0.375. The number of piperazine rings is 1. The molecule has 1 aliphatic rings. The second-order valence-corrected chi connectivity index (χ2v) is 8.74.